The van der Waals surface area contributed by atoms with Crippen LogP contribution in [0, 0.1) is 5.41 Å². The second kappa shape index (κ2) is 11.6. The number of allylic oxidation sites excluding steroid dienone is 2. The third-order valence-corrected chi connectivity index (χ3v) is 7.28. The van der Waals surface area contributed by atoms with Crippen LogP contribution in [0.4, 0.5) is 0 Å². The topological polar surface area (TPSA) is 86.3 Å². The monoisotopic (exact) mass is 469 g/mol. The molecule has 5 nitrogen and oxygen atoms in total. The number of hydrogen-bond donors (Lipinski definition) is 1. The molecule has 0 amide bonds. The summed E-state index contributed by atoms with van der Waals surface area (Å²) in [6, 6.07) is 14.4. The number of fused-ring (bicyclic) bond motifs is 1. The Labute approximate surface area is 211 Å². The van der Waals surface area contributed by atoms with Crippen molar-refractivity contribution in [1.29, 1.82) is 0 Å². The van der Waals surface area contributed by atoms with Crippen molar-refractivity contribution in [2.45, 2.75) is 43.4 Å². The van der Waals surface area contributed by atoms with E-state index in [4.69, 9.17) is 11.6 Å². The van der Waals surface area contributed by atoms with Crippen molar-refractivity contribution < 1.29 is 47.9 Å². The van der Waals surface area contributed by atoms with Crippen LogP contribution in [0.2, 0.25) is 5.02 Å². The molecule has 3 rings (SSSR count). The molecule has 0 radical (unpaired) electrons. The second-order valence-corrected chi connectivity index (χ2v) is 10.0. The zero-order chi connectivity index (χ0) is 21.6. The first-order chi connectivity index (χ1) is 14.3. The Morgan fingerprint density at radius 2 is 1.68 bits per heavy atom. The molecule has 0 bridgehead atoms. The van der Waals surface area contributed by atoms with Crippen molar-refractivity contribution in [3.05, 3.63) is 76.8 Å². The third kappa shape index (κ3) is 7.45. The van der Waals surface area contributed by atoms with Crippen molar-refractivity contribution in [3.8, 4) is 0 Å². The third-order valence-electron chi connectivity index (χ3n) is 5.55. The predicted molar refractivity (Wildman–Crippen MR) is 116 cm³/mol. The predicted octanol–water partition coefficient (Wildman–Crippen LogP) is 0.274. The van der Waals surface area contributed by atoms with Gasteiger partial charge in [-0.05, 0) is 79.3 Å². The zero-order valence-electron chi connectivity index (χ0n) is 17.6. The average Bonchev–Trinajstić information content (AvgIpc) is 3.06. The Balaban J connectivity index is 0.00000341. The summed E-state index contributed by atoms with van der Waals surface area (Å²) in [4.78, 5) is 10.8. The first-order valence-corrected chi connectivity index (χ1v) is 11.8. The van der Waals surface area contributed by atoms with Gasteiger partial charge in [0.2, 0.25) is 10.0 Å². The summed E-state index contributed by atoms with van der Waals surface area (Å²) in [7, 11) is -3.60. The largest absolute Gasteiger partial charge is 1.00 e. The Bertz CT molecular complexity index is 997. The molecule has 0 heterocycles. The van der Waals surface area contributed by atoms with E-state index in [1.54, 1.807) is 12.1 Å². The molecule has 160 valence electrons. The van der Waals surface area contributed by atoms with E-state index in [1.807, 2.05) is 24.3 Å². The summed E-state index contributed by atoms with van der Waals surface area (Å²) in [6.45, 7) is 0.325. The molecule has 2 aromatic rings. The van der Waals surface area contributed by atoms with Crippen LogP contribution in [0.15, 0.2) is 65.6 Å². The van der Waals surface area contributed by atoms with E-state index in [9.17, 15) is 18.3 Å². The molecule has 0 saturated carbocycles. The fourth-order valence-corrected chi connectivity index (χ4v) is 5.15. The Kier molecular flexibility index (Phi) is 9.80. The van der Waals surface area contributed by atoms with Crippen LogP contribution in [-0.4, -0.2) is 20.9 Å². The maximum absolute atomic E-state index is 12.6. The number of nitrogens with one attached hydrogen (secondary N) is 1. The number of halogens is 1. The molecule has 31 heavy (non-hydrogen) atoms. The molecule has 0 aromatic heterocycles. The van der Waals surface area contributed by atoms with Gasteiger partial charge in [0.15, 0.2) is 0 Å². The first-order valence-electron chi connectivity index (χ1n) is 9.97. The number of carbonyl (C=O) groups is 1. The molecule has 8 heteroatoms. The van der Waals surface area contributed by atoms with E-state index in [1.165, 1.54) is 23.3 Å². The van der Waals surface area contributed by atoms with E-state index in [2.05, 4.69) is 16.9 Å². The number of aliphatic carboxylic acids is 1. The number of carbonyl (C=O) groups excluding carboxylic acids is 1. The van der Waals surface area contributed by atoms with Crippen LogP contribution in [0.5, 0.6) is 0 Å². The molecule has 0 saturated heterocycles. The van der Waals surface area contributed by atoms with Gasteiger partial charge in [-0.1, -0.05) is 48.0 Å². The molecular formula is C23H25ClNNaO4S. The standard InChI is InChI=1S/C23H26ClNO4S.Na/c24-20-9-11-21(12-10-20)30(28,29)25-15-14-23(13-5-1-2-8-22(26)27)16-18-6-3-4-7-19(18)17-23;/h1,3-7,9-12,25H,2,8,13-17H2,(H,26,27);/q;+1/p-1/b5-1-;. The number of carboxylic acids is 1. The number of carboxylic acid groups (broad SMARTS) is 1. The minimum absolute atomic E-state index is 0. The summed E-state index contributed by atoms with van der Waals surface area (Å²) in [5.41, 5.74) is 2.49. The van der Waals surface area contributed by atoms with Gasteiger partial charge in [-0.2, -0.15) is 0 Å². The Hall–Kier alpha value is -1.15. The maximum Gasteiger partial charge on any atom is 1.00 e. The zero-order valence-corrected chi connectivity index (χ0v) is 21.2. The van der Waals surface area contributed by atoms with Gasteiger partial charge >= 0.3 is 29.6 Å². The molecule has 0 fully saturated rings. The van der Waals surface area contributed by atoms with Crippen molar-refractivity contribution in [3.63, 3.8) is 0 Å². The summed E-state index contributed by atoms with van der Waals surface area (Å²) >= 11 is 5.85. The average molecular weight is 470 g/mol. The first kappa shape index (κ1) is 26.1. The summed E-state index contributed by atoms with van der Waals surface area (Å²) in [6.07, 6.45) is 7.52. The van der Waals surface area contributed by atoms with Crippen molar-refractivity contribution in [2.75, 3.05) is 6.54 Å². The molecule has 1 N–H and O–H groups in total. The molecule has 1 aliphatic rings. The van der Waals surface area contributed by atoms with Gasteiger partial charge in [-0.3, -0.25) is 0 Å². The number of rotatable bonds is 10. The SMILES string of the molecule is O=C([O-])CC/C=C\CC1(CCNS(=O)(=O)c2ccc(Cl)cc2)Cc2ccccc2C1.[Na+]. The van der Waals surface area contributed by atoms with Crippen LogP contribution >= 0.6 is 11.6 Å². The van der Waals surface area contributed by atoms with Gasteiger partial charge in [0, 0.05) is 17.5 Å². The summed E-state index contributed by atoms with van der Waals surface area (Å²) in [5.74, 6) is -1.06. The van der Waals surface area contributed by atoms with E-state index in [0.29, 0.717) is 24.4 Å². The minimum Gasteiger partial charge on any atom is -0.550 e. The van der Waals surface area contributed by atoms with Gasteiger partial charge in [-0.15, -0.1) is 0 Å². The van der Waals surface area contributed by atoms with Crippen molar-refractivity contribution >= 4 is 27.6 Å². The van der Waals surface area contributed by atoms with E-state index < -0.39 is 16.0 Å². The Morgan fingerprint density at radius 3 is 2.26 bits per heavy atom. The maximum atomic E-state index is 12.6. The van der Waals surface area contributed by atoms with Crippen LogP contribution < -0.4 is 39.4 Å². The van der Waals surface area contributed by atoms with Gasteiger partial charge < -0.3 is 9.90 Å². The van der Waals surface area contributed by atoms with E-state index >= 15 is 0 Å². The van der Waals surface area contributed by atoms with Gasteiger partial charge in [0.1, 0.15) is 0 Å². The Morgan fingerprint density at radius 1 is 1.06 bits per heavy atom. The molecular weight excluding hydrogens is 445 g/mol. The molecule has 0 atom stereocenters. The second-order valence-electron chi connectivity index (χ2n) is 7.81. The molecule has 2 aromatic carbocycles. The van der Waals surface area contributed by atoms with Crippen molar-refractivity contribution in [2.24, 2.45) is 5.41 Å². The summed E-state index contributed by atoms with van der Waals surface area (Å²) in [5, 5.41) is 11.1. The fourth-order valence-electron chi connectivity index (χ4n) is 4.00. The number of sulfonamides is 1. The van der Waals surface area contributed by atoms with Gasteiger partial charge in [0.25, 0.3) is 0 Å². The van der Waals surface area contributed by atoms with Crippen LogP contribution in [-0.2, 0) is 27.7 Å². The normalized spacial score (nSPS) is 14.9. The van der Waals surface area contributed by atoms with E-state index in [-0.39, 0.29) is 46.3 Å². The molecule has 0 spiro atoms. The number of benzene rings is 2. The van der Waals surface area contributed by atoms with E-state index in [0.717, 1.165) is 19.3 Å². The molecule has 0 aliphatic heterocycles. The summed E-state index contributed by atoms with van der Waals surface area (Å²) < 4.78 is 27.9. The van der Waals surface area contributed by atoms with Crippen LogP contribution in [0.1, 0.15) is 36.8 Å². The minimum atomic E-state index is -3.60. The van der Waals surface area contributed by atoms with Gasteiger partial charge in [-0.25, -0.2) is 13.1 Å². The smallest absolute Gasteiger partial charge is 0.550 e. The number of hydrogen-bond acceptors (Lipinski definition) is 4. The van der Waals surface area contributed by atoms with Crippen LogP contribution in [0.25, 0.3) is 0 Å². The van der Waals surface area contributed by atoms with Crippen LogP contribution in [0.3, 0.4) is 0 Å². The van der Waals surface area contributed by atoms with Gasteiger partial charge in [0.05, 0.1) is 4.90 Å². The quantitative estimate of drug-likeness (QED) is 0.400. The molecule has 1 aliphatic carbocycles. The van der Waals surface area contributed by atoms with Crippen molar-refractivity contribution in [1.82, 2.24) is 4.72 Å². The fraction of sp³-hybridized carbons (Fsp3) is 0.348. The molecule has 0 unspecified atom stereocenters.